The van der Waals surface area contributed by atoms with Crippen LogP contribution in [0.25, 0.3) is 0 Å². The summed E-state index contributed by atoms with van der Waals surface area (Å²) in [6.45, 7) is 11.8. The van der Waals surface area contributed by atoms with Crippen LogP contribution in [0.3, 0.4) is 0 Å². The van der Waals surface area contributed by atoms with Gasteiger partial charge in [-0.3, -0.25) is 0 Å². The first-order valence-corrected chi connectivity index (χ1v) is 7.15. The Kier molecular flexibility index (Phi) is 2.45. The molecular weight excluding hydrogens is 218 g/mol. The van der Waals surface area contributed by atoms with Crippen molar-refractivity contribution in [3.8, 4) is 0 Å². The molecule has 1 heteroatoms. The number of benzene rings is 1. The van der Waals surface area contributed by atoms with E-state index in [4.69, 9.17) is 0 Å². The number of likely N-dealkylation sites (N-methyl/N-ethyl adjacent to an activating group) is 1. The monoisotopic (exact) mass is 243 g/mol. The van der Waals surface area contributed by atoms with Crippen LogP contribution in [0.4, 0.5) is 0 Å². The van der Waals surface area contributed by atoms with E-state index in [1.807, 2.05) is 0 Å². The molecule has 0 bridgehead atoms. The maximum atomic E-state index is 2.49. The second-order valence-corrected chi connectivity index (χ2v) is 7.65. The lowest BCUT2D eigenvalue weighted by atomic mass is 9.76. The van der Waals surface area contributed by atoms with Crippen molar-refractivity contribution in [3.05, 3.63) is 34.4 Å². The standard InChI is InChI=1S/C17H25N/c1-16(2,3)14-8-12-6-7-17(4)11-18(5)10-13(9-14)15(12)17/h8-9H,6-7,10-11H2,1-5H3. The van der Waals surface area contributed by atoms with Crippen molar-refractivity contribution in [2.24, 2.45) is 0 Å². The van der Waals surface area contributed by atoms with Crippen LogP contribution >= 0.6 is 0 Å². The number of hydrogen-bond donors (Lipinski definition) is 0. The van der Waals surface area contributed by atoms with Gasteiger partial charge in [0.05, 0.1) is 0 Å². The average molecular weight is 243 g/mol. The lowest BCUT2D eigenvalue weighted by Gasteiger charge is -2.38. The second-order valence-electron chi connectivity index (χ2n) is 7.65. The van der Waals surface area contributed by atoms with E-state index in [0.29, 0.717) is 5.41 Å². The van der Waals surface area contributed by atoms with Crippen molar-refractivity contribution in [1.29, 1.82) is 0 Å². The molecule has 0 spiro atoms. The summed E-state index contributed by atoms with van der Waals surface area (Å²) >= 11 is 0. The molecule has 2 aliphatic rings. The van der Waals surface area contributed by atoms with Crippen molar-refractivity contribution in [3.63, 3.8) is 0 Å². The Morgan fingerprint density at radius 3 is 2.50 bits per heavy atom. The van der Waals surface area contributed by atoms with E-state index in [0.717, 1.165) is 6.54 Å². The number of aryl methyl sites for hydroxylation is 1. The van der Waals surface area contributed by atoms with Crippen molar-refractivity contribution in [2.45, 2.75) is 57.9 Å². The van der Waals surface area contributed by atoms with Crippen molar-refractivity contribution < 1.29 is 0 Å². The first kappa shape index (κ1) is 12.2. The summed E-state index contributed by atoms with van der Waals surface area (Å²) in [6, 6.07) is 4.95. The van der Waals surface area contributed by atoms with Gasteiger partial charge in [0.1, 0.15) is 0 Å². The van der Waals surface area contributed by atoms with Crippen molar-refractivity contribution in [2.75, 3.05) is 13.6 Å². The van der Waals surface area contributed by atoms with Crippen LogP contribution in [-0.2, 0) is 23.8 Å². The summed E-state index contributed by atoms with van der Waals surface area (Å²) < 4.78 is 0. The third kappa shape index (κ3) is 1.72. The van der Waals surface area contributed by atoms with E-state index in [1.54, 1.807) is 16.7 Å². The molecule has 1 atom stereocenters. The topological polar surface area (TPSA) is 3.24 Å². The van der Waals surface area contributed by atoms with Gasteiger partial charge in [-0.25, -0.2) is 0 Å². The third-order valence-corrected chi connectivity index (χ3v) is 4.78. The van der Waals surface area contributed by atoms with Gasteiger partial charge in [0.15, 0.2) is 0 Å². The molecule has 0 saturated carbocycles. The minimum atomic E-state index is 0.264. The third-order valence-electron chi connectivity index (χ3n) is 4.78. The predicted octanol–water partition coefficient (Wildman–Crippen LogP) is 3.63. The molecule has 98 valence electrons. The summed E-state index contributed by atoms with van der Waals surface area (Å²) in [7, 11) is 2.26. The Bertz CT molecular complexity index is 495. The predicted molar refractivity (Wildman–Crippen MR) is 77.1 cm³/mol. The van der Waals surface area contributed by atoms with Gasteiger partial charge >= 0.3 is 0 Å². The van der Waals surface area contributed by atoms with E-state index in [1.165, 1.54) is 24.9 Å². The van der Waals surface area contributed by atoms with Crippen LogP contribution in [0, 0.1) is 0 Å². The molecule has 1 aliphatic carbocycles. The SMILES string of the molecule is CN1Cc2cc(C(C)(C)C)cc3c2C(C)(CC3)C1. The lowest BCUT2D eigenvalue weighted by molar-refractivity contribution is 0.224. The Balaban J connectivity index is 2.19. The van der Waals surface area contributed by atoms with Gasteiger partial charge in [-0.05, 0) is 47.6 Å². The van der Waals surface area contributed by atoms with Crippen molar-refractivity contribution in [1.82, 2.24) is 4.90 Å². The molecule has 1 aliphatic heterocycles. The fourth-order valence-electron chi connectivity index (χ4n) is 3.93. The summed E-state index contributed by atoms with van der Waals surface area (Å²) in [5.41, 5.74) is 7.10. The van der Waals surface area contributed by atoms with Gasteiger partial charge in [0, 0.05) is 18.5 Å². The Hall–Kier alpha value is -0.820. The Morgan fingerprint density at radius 2 is 1.83 bits per heavy atom. The van der Waals surface area contributed by atoms with Crippen LogP contribution in [0.2, 0.25) is 0 Å². The zero-order chi connectivity index (χ0) is 13.1. The summed E-state index contributed by atoms with van der Waals surface area (Å²) in [5, 5.41) is 0. The molecule has 1 heterocycles. The number of hydrogen-bond acceptors (Lipinski definition) is 1. The van der Waals surface area contributed by atoms with Crippen LogP contribution in [0.1, 0.15) is 56.4 Å². The first-order chi connectivity index (χ1) is 8.29. The van der Waals surface area contributed by atoms with E-state index >= 15 is 0 Å². The largest absolute Gasteiger partial charge is 0.301 e. The maximum absolute atomic E-state index is 2.49. The lowest BCUT2D eigenvalue weighted by Crippen LogP contribution is -2.40. The molecule has 1 aromatic rings. The van der Waals surface area contributed by atoms with Crippen LogP contribution < -0.4 is 0 Å². The Morgan fingerprint density at radius 1 is 1.17 bits per heavy atom. The molecule has 3 rings (SSSR count). The molecule has 1 nitrogen and oxygen atoms in total. The normalized spacial score (nSPS) is 27.4. The highest BCUT2D eigenvalue weighted by molar-refractivity contribution is 5.50. The maximum Gasteiger partial charge on any atom is 0.0234 e. The van der Waals surface area contributed by atoms with E-state index in [-0.39, 0.29) is 5.41 Å². The highest BCUT2D eigenvalue weighted by Crippen LogP contribution is 2.45. The first-order valence-electron chi connectivity index (χ1n) is 7.15. The minimum Gasteiger partial charge on any atom is -0.301 e. The molecular formula is C17H25N. The fourth-order valence-corrected chi connectivity index (χ4v) is 3.93. The highest BCUT2D eigenvalue weighted by Gasteiger charge is 2.40. The zero-order valence-electron chi connectivity index (χ0n) is 12.4. The number of nitrogens with zero attached hydrogens (tertiary/aromatic N) is 1. The summed E-state index contributed by atoms with van der Waals surface area (Å²) in [4.78, 5) is 2.49. The zero-order valence-corrected chi connectivity index (χ0v) is 12.4. The van der Waals surface area contributed by atoms with Crippen LogP contribution in [-0.4, -0.2) is 18.5 Å². The molecule has 0 saturated heterocycles. The smallest absolute Gasteiger partial charge is 0.0234 e. The minimum absolute atomic E-state index is 0.264. The quantitative estimate of drug-likeness (QED) is 0.672. The summed E-state index contributed by atoms with van der Waals surface area (Å²) in [5.74, 6) is 0. The molecule has 1 aromatic carbocycles. The van der Waals surface area contributed by atoms with Crippen LogP contribution in [0.15, 0.2) is 12.1 Å². The molecule has 0 radical (unpaired) electrons. The van der Waals surface area contributed by atoms with Crippen LogP contribution in [0.5, 0.6) is 0 Å². The molecule has 18 heavy (non-hydrogen) atoms. The summed E-state index contributed by atoms with van der Waals surface area (Å²) in [6.07, 6.45) is 2.60. The van der Waals surface area contributed by atoms with Gasteiger partial charge in [0.25, 0.3) is 0 Å². The van der Waals surface area contributed by atoms with Gasteiger partial charge in [-0.15, -0.1) is 0 Å². The molecule has 0 aromatic heterocycles. The van der Waals surface area contributed by atoms with Gasteiger partial charge in [0.2, 0.25) is 0 Å². The van der Waals surface area contributed by atoms with E-state index < -0.39 is 0 Å². The van der Waals surface area contributed by atoms with Gasteiger partial charge in [-0.1, -0.05) is 39.8 Å². The molecule has 1 unspecified atom stereocenters. The highest BCUT2D eigenvalue weighted by atomic mass is 15.1. The Labute approximate surface area is 111 Å². The molecule has 0 N–H and O–H groups in total. The van der Waals surface area contributed by atoms with E-state index in [2.05, 4.69) is 51.8 Å². The van der Waals surface area contributed by atoms with E-state index in [9.17, 15) is 0 Å². The fraction of sp³-hybridized carbons (Fsp3) is 0.647. The second kappa shape index (κ2) is 3.60. The van der Waals surface area contributed by atoms with Gasteiger partial charge in [-0.2, -0.15) is 0 Å². The molecule has 0 fully saturated rings. The number of rotatable bonds is 0. The average Bonchev–Trinajstić information content (AvgIpc) is 2.55. The van der Waals surface area contributed by atoms with Gasteiger partial charge < -0.3 is 4.90 Å². The van der Waals surface area contributed by atoms with Crippen molar-refractivity contribution >= 4 is 0 Å². The molecule has 0 amide bonds.